The maximum absolute atomic E-state index is 11.0. The van der Waals surface area contributed by atoms with Crippen molar-refractivity contribution in [3.05, 3.63) is 40.2 Å². The molecule has 1 aromatic rings. The summed E-state index contributed by atoms with van der Waals surface area (Å²) in [6.07, 6.45) is 6.51. The fourth-order valence-electron chi connectivity index (χ4n) is 1.80. The number of hydrogen-bond acceptors (Lipinski definition) is 6. The lowest BCUT2D eigenvalue weighted by Crippen LogP contribution is -2.26. The van der Waals surface area contributed by atoms with E-state index in [2.05, 4.69) is 9.97 Å². The summed E-state index contributed by atoms with van der Waals surface area (Å²) in [5.41, 5.74) is 6.23. The summed E-state index contributed by atoms with van der Waals surface area (Å²) in [5.74, 6) is -0.191. The number of nitrogens with two attached hydrogens (primary N) is 1. The molecule has 1 aromatic heterocycles. The number of anilines is 1. The maximum atomic E-state index is 11.0. The summed E-state index contributed by atoms with van der Waals surface area (Å²) < 4.78 is 5.61. The van der Waals surface area contributed by atoms with Crippen LogP contribution < -0.4 is 10.5 Å². The van der Waals surface area contributed by atoms with Gasteiger partial charge in [-0.15, -0.1) is 0 Å². The van der Waals surface area contributed by atoms with Crippen molar-refractivity contribution in [3.8, 4) is 5.88 Å². The van der Waals surface area contributed by atoms with Crippen LogP contribution in [-0.4, -0.2) is 21.0 Å². The number of nitrogens with zero attached hydrogens (tertiary/aromatic N) is 3. The zero-order valence-electron chi connectivity index (χ0n) is 10.6. The van der Waals surface area contributed by atoms with Gasteiger partial charge in [0.1, 0.15) is 12.4 Å². The van der Waals surface area contributed by atoms with Gasteiger partial charge in [-0.3, -0.25) is 10.1 Å². The van der Waals surface area contributed by atoms with Gasteiger partial charge >= 0.3 is 5.69 Å². The Balaban J connectivity index is 2.30. The van der Waals surface area contributed by atoms with Gasteiger partial charge in [-0.05, 0) is 13.0 Å². The molecule has 0 amide bonds. The fraction of sp³-hybridized carbons (Fsp3) is 0.333. The van der Waals surface area contributed by atoms with Gasteiger partial charge in [-0.25, -0.2) is 4.98 Å². The molecule has 0 bridgehead atoms. The maximum Gasteiger partial charge on any atom is 0.372 e. The molecule has 0 saturated heterocycles. The second kappa shape index (κ2) is 5.05. The Labute approximate surface area is 110 Å². The van der Waals surface area contributed by atoms with E-state index in [-0.39, 0.29) is 23.7 Å². The standard InChI is InChI=1S/C12H14N4O3/c1-7-4-3-5-9(8(7)2)19-12-10(16(17)18)11(13)14-6-15-12/h3-6,8-9H,1-2H3,(H2,13,14,15). The highest BCUT2D eigenvalue weighted by Gasteiger charge is 2.27. The van der Waals surface area contributed by atoms with E-state index in [4.69, 9.17) is 10.5 Å². The topological polar surface area (TPSA) is 104 Å². The predicted molar refractivity (Wildman–Crippen MR) is 69.6 cm³/mol. The molecule has 2 N–H and O–H groups in total. The first-order valence-corrected chi connectivity index (χ1v) is 5.77. The molecule has 1 aliphatic rings. The molecule has 1 heterocycles. The quantitative estimate of drug-likeness (QED) is 0.658. The lowest BCUT2D eigenvalue weighted by molar-refractivity contribution is -0.385. The first kappa shape index (κ1) is 13.0. The molecule has 2 rings (SSSR count). The number of ether oxygens (including phenoxy) is 1. The fourth-order valence-corrected chi connectivity index (χ4v) is 1.80. The molecule has 0 aromatic carbocycles. The van der Waals surface area contributed by atoms with Gasteiger partial charge in [0.05, 0.1) is 4.92 Å². The van der Waals surface area contributed by atoms with Crippen molar-refractivity contribution < 1.29 is 9.66 Å². The summed E-state index contributed by atoms with van der Waals surface area (Å²) in [6.45, 7) is 3.96. The molecule has 0 radical (unpaired) electrons. The highest BCUT2D eigenvalue weighted by Crippen LogP contribution is 2.32. The monoisotopic (exact) mass is 262 g/mol. The summed E-state index contributed by atoms with van der Waals surface area (Å²) in [7, 11) is 0. The number of aromatic nitrogens is 2. The molecular weight excluding hydrogens is 248 g/mol. The van der Waals surface area contributed by atoms with Gasteiger partial charge in [-0.2, -0.15) is 4.98 Å². The van der Waals surface area contributed by atoms with Crippen molar-refractivity contribution in [2.24, 2.45) is 5.92 Å². The lowest BCUT2D eigenvalue weighted by atomic mass is 9.92. The normalized spacial score (nSPS) is 21.9. The van der Waals surface area contributed by atoms with Crippen LogP contribution in [0.3, 0.4) is 0 Å². The third-order valence-corrected chi connectivity index (χ3v) is 3.12. The molecule has 100 valence electrons. The molecule has 7 nitrogen and oxygen atoms in total. The molecule has 19 heavy (non-hydrogen) atoms. The van der Waals surface area contributed by atoms with Crippen molar-refractivity contribution in [1.82, 2.24) is 9.97 Å². The first-order chi connectivity index (χ1) is 9.00. The average molecular weight is 262 g/mol. The van der Waals surface area contributed by atoms with E-state index in [1.807, 2.05) is 32.1 Å². The third-order valence-electron chi connectivity index (χ3n) is 3.12. The SMILES string of the molecule is CC1=CC=CC(Oc2ncnc(N)c2[N+](=O)[O-])C1C. The Hall–Kier alpha value is -2.44. The van der Waals surface area contributed by atoms with Crippen LogP contribution in [0.2, 0.25) is 0 Å². The Kier molecular flexibility index (Phi) is 3.46. The second-order valence-electron chi connectivity index (χ2n) is 4.34. The van der Waals surface area contributed by atoms with E-state index in [0.29, 0.717) is 0 Å². The van der Waals surface area contributed by atoms with E-state index in [1.54, 1.807) is 0 Å². The Morgan fingerprint density at radius 3 is 2.89 bits per heavy atom. The summed E-state index contributed by atoms with van der Waals surface area (Å²) in [4.78, 5) is 17.7. The number of nitrogen functional groups attached to an aromatic ring is 1. The summed E-state index contributed by atoms with van der Waals surface area (Å²) in [5, 5.41) is 11.0. The smallest absolute Gasteiger partial charge is 0.372 e. The zero-order valence-corrected chi connectivity index (χ0v) is 10.6. The third kappa shape index (κ3) is 2.54. The highest BCUT2D eigenvalue weighted by molar-refractivity contribution is 5.58. The van der Waals surface area contributed by atoms with Crippen molar-refractivity contribution in [3.63, 3.8) is 0 Å². The van der Waals surface area contributed by atoms with Gasteiger partial charge in [-0.1, -0.05) is 24.6 Å². The van der Waals surface area contributed by atoms with Crippen LogP contribution in [0.15, 0.2) is 30.1 Å². The van der Waals surface area contributed by atoms with E-state index < -0.39 is 10.6 Å². The molecular formula is C12H14N4O3. The van der Waals surface area contributed by atoms with Crippen LogP contribution in [-0.2, 0) is 0 Å². The van der Waals surface area contributed by atoms with Gasteiger partial charge in [0, 0.05) is 5.92 Å². The number of nitro groups is 1. The van der Waals surface area contributed by atoms with Crippen LogP contribution in [0.4, 0.5) is 11.5 Å². The number of hydrogen-bond donors (Lipinski definition) is 1. The molecule has 7 heteroatoms. The number of allylic oxidation sites excluding steroid dienone is 2. The minimum absolute atomic E-state index is 0.103. The van der Waals surface area contributed by atoms with E-state index in [1.165, 1.54) is 0 Å². The largest absolute Gasteiger partial charge is 0.464 e. The first-order valence-electron chi connectivity index (χ1n) is 5.77. The zero-order chi connectivity index (χ0) is 14.0. The van der Waals surface area contributed by atoms with E-state index >= 15 is 0 Å². The van der Waals surface area contributed by atoms with Gasteiger partial charge in [0.25, 0.3) is 5.88 Å². The average Bonchev–Trinajstić information content (AvgIpc) is 2.34. The Morgan fingerprint density at radius 1 is 1.47 bits per heavy atom. The van der Waals surface area contributed by atoms with Gasteiger partial charge < -0.3 is 10.5 Å². The Bertz CT molecular complexity index is 568. The summed E-state index contributed by atoms with van der Waals surface area (Å²) in [6, 6.07) is 0. The molecule has 0 fully saturated rings. The molecule has 0 spiro atoms. The molecule has 2 unspecified atom stereocenters. The van der Waals surface area contributed by atoms with Crippen molar-refractivity contribution in [2.75, 3.05) is 5.73 Å². The minimum atomic E-state index is -0.634. The molecule has 0 saturated carbocycles. The molecule has 2 atom stereocenters. The van der Waals surface area contributed by atoms with Crippen LogP contribution >= 0.6 is 0 Å². The van der Waals surface area contributed by atoms with Crippen LogP contribution in [0.1, 0.15) is 13.8 Å². The lowest BCUT2D eigenvalue weighted by Gasteiger charge is -2.24. The Morgan fingerprint density at radius 2 is 2.21 bits per heavy atom. The summed E-state index contributed by atoms with van der Waals surface area (Å²) >= 11 is 0. The number of rotatable bonds is 3. The van der Waals surface area contributed by atoms with Crippen molar-refractivity contribution in [2.45, 2.75) is 20.0 Å². The van der Waals surface area contributed by atoms with Gasteiger partial charge in [0.2, 0.25) is 5.82 Å². The predicted octanol–water partition coefficient (Wildman–Crippen LogP) is 1.87. The van der Waals surface area contributed by atoms with Crippen molar-refractivity contribution in [1.29, 1.82) is 0 Å². The van der Waals surface area contributed by atoms with E-state index in [9.17, 15) is 10.1 Å². The van der Waals surface area contributed by atoms with Crippen LogP contribution in [0.25, 0.3) is 0 Å². The minimum Gasteiger partial charge on any atom is -0.464 e. The van der Waals surface area contributed by atoms with Crippen LogP contribution in [0.5, 0.6) is 5.88 Å². The van der Waals surface area contributed by atoms with Crippen molar-refractivity contribution >= 4 is 11.5 Å². The van der Waals surface area contributed by atoms with E-state index in [0.717, 1.165) is 11.9 Å². The molecule has 1 aliphatic carbocycles. The van der Waals surface area contributed by atoms with Gasteiger partial charge in [0.15, 0.2) is 0 Å². The highest BCUT2D eigenvalue weighted by atomic mass is 16.6. The second-order valence-corrected chi connectivity index (χ2v) is 4.34. The van der Waals surface area contributed by atoms with Crippen LogP contribution in [0, 0.1) is 16.0 Å². The molecule has 0 aliphatic heterocycles.